The molecule has 0 aromatic carbocycles. The van der Waals surface area contributed by atoms with E-state index in [9.17, 15) is 0 Å². The normalized spacial score (nSPS) is 37.5. The van der Waals surface area contributed by atoms with Crippen molar-refractivity contribution in [1.29, 1.82) is 0 Å². The van der Waals surface area contributed by atoms with Crippen LogP contribution >= 0.6 is 0 Å². The first-order valence-electron chi connectivity index (χ1n) is 5.85. The molecule has 0 aromatic rings. The Bertz CT molecular complexity index is 261. The van der Waals surface area contributed by atoms with Gasteiger partial charge in [0.05, 0.1) is 6.04 Å². The third-order valence-corrected chi connectivity index (χ3v) is 3.62. The zero-order valence-corrected chi connectivity index (χ0v) is 9.05. The van der Waals surface area contributed by atoms with E-state index in [1.165, 1.54) is 12.8 Å². The van der Waals surface area contributed by atoms with Crippen LogP contribution in [0.4, 0.5) is 0 Å². The molecule has 1 saturated heterocycles. The number of hydrogen-bond donors (Lipinski definition) is 1. The fourth-order valence-corrected chi connectivity index (χ4v) is 2.84. The van der Waals surface area contributed by atoms with E-state index in [-0.39, 0.29) is 6.04 Å². The number of likely N-dealkylation sites (tertiary alicyclic amines) is 1. The van der Waals surface area contributed by atoms with Gasteiger partial charge >= 0.3 is 0 Å². The third kappa shape index (κ3) is 2.43. The van der Waals surface area contributed by atoms with Crippen LogP contribution in [0.1, 0.15) is 32.1 Å². The average molecular weight is 209 g/mol. The fraction of sp³-hybridized carbons (Fsp3) is 1.00. The van der Waals surface area contributed by atoms with Gasteiger partial charge in [0.2, 0.25) is 0 Å². The van der Waals surface area contributed by atoms with Gasteiger partial charge in [-0.1, -0.05) is 18.0 Å². The average Bonchev–Trinajstić information content (AvgIpc) is 2.66. The summed E-state index contributed by atoms with van der Waals surface area (Å²) in [5, 5.41) is 3.93. The maximum absolute atomic E-state index is 8.55. The Morgan fingerprint density at radius 2 is 2.07 bits per heavy atom. The van der Waals surface area contributed by atoms with Gasteiger partial charge in [0, 0.05) is 30.1 Å². The third-order valence-electron chi connectivity index (χ3n) is 3.62. The molecule has 2 rings (SSSR count). The SMILES string of the molecule is [N-]=[N+]=N[C@@H]1CCCC[C@@H]1N1CC[C@@H](N)C1. The Kier molecular flexibility index (Phi) is 3.46. The van der Waals surface area contributed by atoms with Crippen LogP contribution in [0.25, 0.3) is 10.4 Å². The summed E-state index contributed by atoms with van der Waals surface area (Å²) >= 11 is 0. The molecule has 3 atom stereocenters. The minimum absolute atomic E-state index is 0.175. The molecule has 0 aromatic heterocycles. The molecular formula is C10H19N5. The smallest absolute Gasteiger partial charge is 0.0529 e. The molecule has 0 unspecified atom stereocenters. The minimum Gasteiger partial charge on any atom is -0.326 e. The summed E-state index contributed by atoms with van der Waals surface area (Å²) in [6.45, 7) is 2.05. The molecule has 1 aliphatic carbocycles. The van der Waals surface area contributed by atoms with Crippen LogP contribution in [0.15, 0.2) is 5.11 Å². The van der Waals surface area contributed by atoms with Crippen LogP contribution in [0.5, 0.6) is 0 Å². The maximum Gasteiger partial charge on any atom is 0.0529 e. The van der Waals surface area contributed by atoms with Crippen molar-refractivity contribution >= 4 is 0 Å². The van der Waals surface area contributed by atoms with E-state index in [2.05, 4.69) is 14.9 Å². The molecule has 0 amide bonds. The Labute approximate surface area is 90.2 Å². The van der Waals surface area contributed by atoms with Crippen molar-refractivity contribution in [3.63, 3.8) is 0 Å². The first kappa shape index (κ1) is 10.7. The predicted molar refractivity (Wildman–Crippen MR) is 59.4 cm³/mol. The molecule has 2 N–H and O–H groups in total. The van der Waals surface area contributed by atoms with Gasteiger partial charge in [-0.15, -0.1) is 0 Å². The molecule has 1 saturated carbocycles. The molecule has 5 nitrogen and oxygen atoms in total. The summed E-state index contributed by atoms with van der Waals surface area (Å²) in [5.74, 6) is 0. The highest BCUT2D eigenvalue weighted by Gasteiger charge is 2.32. The fourth-order valence-electron chi connectivity index (χ4n) is 2.84. The zero-order valence-electron chi connectivity index (χ0n) is 9.05. The van der Waals surface area contributed by atoms with Crippen LogP contribution in [0, 0.1) is 0 Å². The molecule has 15 heavy (non-hydrogen) atoms. The highest BCUT2D eigenvalue weighted by atomic mass is 15.2. The van der Waals surface area contributed by atoms with Gasteiger partial charge in [-0.2, -0.15) is 0 Å². The standard InChI is InChI=1S/C10H19N5/c11-8-5-6-15(7-8)10-4-2-1-3-9(10)13-14-12/h8-10H,1-7,11H2/t8-,9-,10+/m1/s1. The molecular weight excluding hydrogens is 190 g/mol. The van der Waals surface area contributed by atoms with Crippen molar-refractivity contribution in [2.45, 2.75) is 50.2 Å². The van der Waals surface area contributed by atoms with Crippen molar-refractivity contribution in [1.82, 2.24) is 4.90 Å². The van der Waals surface area contributed by atoms with Crippen LogP contribution in [0.2, 0.25) is 0 Å². The number of azide groups is 1. The van der Waals surface area contributed by atoms with E-state index in [0.29, 0.717) is 12.1 Å². The quantitative estimate of drug-likeness (QED) is 0.426. The van der Waals surface area contributed by atoms with Crippen molar-refractivity contribution in [3.8, 4) is 0 Å². The lowest BCUT2D eigenvalue weighted by Crippen LogP contribution is -2.44. The largest absolute Gasteiger partial charge is 0.326 e. The van der Waals surface area contributed by atoms with Crippen LogP contribution in [-0.2, 0) is 0 Å². The second-order valence-corrected chi connectivity index (χ2v) is 4.67. The first-order valence-corrected chi connectivity index (χ1v) is 5.85. The van der Waals surface area contributed by atoms with Gasteiger partial charge in [0.15, 0.2) is 0 Å². The van der Waals surface area contributed by atoms with Crippen molar-refractivity contribution in [2.75, 3.05) is 13.1 Å². The Morgan fingerprint density at radius 3 is 2.73 bits per heavy atom. The second kappa shape index (κ2) is 4.84. The van der Waals surface area contributed by atoms with Crippen LogP contribution in [-0.4, -0.2) is 36.1 Å². The van der Waals surface area contributed by atoms with Crippen LogP contribution in [0.3, 0.4) is 0 Å². The highest BCUT2D eigenvalue weighted by molar-refractivity contribution is 4.92. The molecule has 2 fully saturated rings. The summed E-state index contributed by atoms with van der Waals surface area (Å²) in [6, 6.07) is 0.941. The lowest BCUT2D eigenvalue weighted by molar-refractivity contribution is 0.166. The lowest BCUT2D eigenvalue weighted by Gasteiger charge is -2.35. The second-order valence-electron chi connectivity index (χ2n) is 4.67. The van der Waals surface area contributed by atoms with Crippen molar-refractivity contribution in [2.24, 2.45) is 10.8 Å². The Morgan fingerprint density at radius 1 is 1.27 bits per heavy atom. The van der Waals surface area contributed by atoms with Crippen LogP contribution < -0.4 is 5.73 Å². The predicted octanol–water partition coefficient (Wildman–Crippen LogP) is 1.64. The summed E-state index contributed by atoms with van der Waals surface area (Å²) in [7, 11) is 0. The molecule has 5 heteroatoms. The van der Waals surface area contributed by atoms with Crippen molar-refractivity contribution < 1.29 is 0 Å². The monoisotopic (exact) mass is 209 g/mol. The summed E-state index contributed by atoms with van der Waals surface area (Å²) in [6.07, 6.45) is 5.74. The molecule has 84 valence electrons. The van der Waals surface area contributed by atoms with Crippen molar-refractivity contribution in [3.05, 3.63) is 10.4 Å². The first-order chi connectivity index (χ1) is 7.31. The maximum atomic E-state index is 8.55. The zero-order chi connectivity index (χ0) is 10.7. The lowest BCUT2D eigenvalue weighted by atomic mass is 9.90. The van der Waals surface area contributed by atoms with Gasteiger partial charge in [-0.3, -0.25) is 4.90 Å². The molecule has 1 aliphatic heterocycles. The molecule has 1 heterocycles. The van der Waals surface area contributed by atoms with Gasteiger partial charge in [0.25, 0.3) is 0 Å². The van der Waals surface area contributed by atoms with Gasteiger partial charge in [-0.05, 0) is 24.8 Å². The van der Waals surface area contributed by atoms with Gasteiger partial charge < -0.3 is 5.73 Å². The summed E-state index contributed by atoms with van der Waals surface area (Å²) in [4.78, 5) is 5.39. The topological polar surface area (TPSA) is 78.0 Å². The number of nitrogens with zero attached hydrogens (tertiary/aromatic N) is 4. The van der Waals surface area contributed by atoms with E-state index >= 15 is 0 Å². The van der Waals surface area contributed by atoms with E-state index in [1.807, 2.05) is 0 Å². The summed E-state index contributed by atoms with van der Waals surface area (Å²) in [5.41, 5.74) is 14.5. The number of hydrogen-bond acceptors (Lipinski definition) is 3. The van der Waals surface area contributed by atoms with Gasteiger partial charge in [0.1, 0.15) is 0 Å². The van der Waals surface area contributed by atoms with E-state index in [4.69, 9.17) is 11.3 Å². The minimum atomic E-state index is 0.175. The van der Waals surface area contributed by atoms with E-state index < -0.39 is 0 Å². The van der Waals surface area contributed by atoms with E-state index in [1.54, 1.807) is 0 Å². The van der Waals surface area contributed by atoms with E-state index in [0.717, 1.165) is 32.4 Å². The molecule has 2 aliphatic rings. The molecule has 0 spiro atoms. The van der Waals surface area contributed by atoms with Gasteiger partial charge in [-0.25, -0.2) is 0 Å². The Balaban J connectivity index is 2.00. The number of rotatable bonds is 2. The number of nitrogens with two attached hydrogens (primary N) is 1. The Hall–Kier alpha value is -0.770. The molecule has 0 bridgehead atoms. The molecule has 0 radical (unpaired) electrons. The summed E-state index contributed by atoms with van der Waals surface area (Å²) < 4.78 is 0. The highest BCUT2D eigenvalue weighted by Crippen LogP contribution is 2.27.